The van der Waals surface area contributed by atoms with Gasteiger partial charge in [-0.2, -0.15) is 0 Å². The standard InChI is InChI=1S/C31H36ClN3O5S/c1-22-8-14-27(15-9-22)35(41(38,39)29-18-16-28(40-3)17-19-29)21-30(36)34(20-24-10-12-25(32)13-11-24)23(2)31(37)33-26-6-4-5-7-26/h8-19,23,26H,4-7,20-21H2,1-3H3,(H,33,37)/t23-/m0/s1. The van der Waals surface area contributed by atoms with Crippen molar-refractivity contribution < 1.29 is 22.7 Å². The van der Waals surface area contributed by atoms with E-state index >= 15 is 0 Å². The summed E-state index contributed by atoms with van der Waals surface area (Å²) in [7, 11) is -2.65. The van der Waals surface area contributed by atoms with Crippen LogP contribution in [0.15, 0.2) is 77.7 Å². The van der Waals surface area contributed by atoms with Gasteiger partial charge in [0.15, 0.2) is 0 Å². The number of halogens is 1. The quantitative estimate of drug-likeness (QED) is 0.322. The number of nitrogens with one attached hydrogen (secondary N) is 1. The molecule has 1 aliphatic rings. The molecule has 1 fully saturated rings. The monoisotopic (exact) mass is 597 g/mol. The van der Waals surface area contributed by atoms with E-state index in [0.29, 0.717) is 16.5 Å². The van der Waals surface area contributed by atoms with Gasteiger partial charge in [0.1, 0.15) is 18.3 Å². The normalized spacial score (nSPS) is 14.3. The fourth-order valence-electron chi connectivity index (χ4n) is 4.88. The number of hydrogen-bond donors (Lipinski definition) is 1. The maximum atomic E-state index is 14.0. The minimum atomic E-state index is -4.15. The molecule has 2 amide bonds. The molecule has 0 saturated heterocycles. The lowest BCUT2D eigenvalue weighted by Crippen LogP contribution is -2.52. The first-order valence-electron chi connectivity index (χ1n) is 13.7. The number of benzene rings is 3. The van der Waals surface area contributed by atoms with E-state index in [4.69, 9.17) is 16.3 Å². The van der Waals surface area contributed by atoms with Crippen LogP contribution in [0.25, 0.3) is 0 Å². The Morgan fingerprint density at radius 3 is 2.17 bits per heavy atom. The van der Waals surface area contributed by atoms with Gasteiger partial charge in [0.25, 0.3) is 10.0 Å². The number of hydrogen-bond acceptors (Lipinski definition) is 5. The summed E-state index contributed by atoms with van der Waals surface area (Å²) >= 11 is 6.07. The molecular weight excluding hydrogens is 562 g/mol. The zero-order valence-electron chi connectivity index (χ0n) is 23.5. The van der Waals surface area contributed by atoms with Crippen molar-refractivity contribution >= 4 is 39.1 Å². The van der Waals surface area contributed by atoms with Gasteiger partial charge in [-0.15, -0.1) is 0 Å². The van der Waals surface area contributed by atoms with Gasteiger partial charge < -0.3 is 15.0 Å². The van der Waals surface area contributed by atoms with E-state index in [-0.39, 0.29) is 23.4 Å². The van der Waals surface area contributed by atoms with Crippen LogP contribution in [0, 0.1) is 6.92 Å². The molecule has 41 heavy (non-hydrogen) atoms. The lowest BCUT2D eigenvalue weighted by Gasteiger charge is -2.32. The summed E-state index contributed by atoms with van der Waals surface area (Å²) in [6, 6.07) is 19.2. The molecule has 0 bridgehead atoms. The van der Waals surface area contributed by atoms with Crippen LogP contribution < -0.4 is 14.4 Å². The van der Waals surface area contributed by atoms with Crippen LogP contribution in [0.3, 0.4) is 0 Å². The summed E-state index contributed by atoms with van der Waals surface area (Å²) < 4.78 is 34.1. The van der Waals surface area contributed by atoms with Crippen molar-refractivity contribution in [2.24, 2.45) is 0 Å². The Balaban J connectivity index is 1.67. The maximum Gasteiger partial charge on any atom is 0.264 e. The molecular formula is C31H36ClN3O5S. The number of rotatable bonds is 11. The van der Waals surface area contributed by atoms with Crippen molar-refractivity contribution in [3.8, 4) is 5.75 Å². The van der Waals surface area contributed by atoms with Crippen LogP contribution in [0.1, 0.15) is 43.7 Å². The molecule has 8 nitrogen and oxygen atoms in total. The summed E-state index contributed by atoms with van der Waals surface area (Å²) in [5, 5.41) is 3.62. The molecule has 0 radical (unpaired) electrons. The van der Waals surface area contributed by atoms with Crippen molar-refractivity contribution in [1.82, 2.24) is 10.2 Å². The second-order valence-corrected chi connectivity index (χ2v) is 12.6. The molecule has 1 atom stereocenters. The van der Waals surface area contributed by atoms with E-state index in [9.17, 15) is 18.0 Å². The third-order valence-electron chi connectivity index (χ3n) is 7.38. The van der Waals surface area contributed by atoms with Crippen molar-refractivity contribution in [2.45, 2.75) is 63.1 Å². The van der Waals surface area contributed by atoms with Gasteiger partial charge in [0.2, 0.25) is 11.8 Å². The average molecular weight is 598 g/mol. The van der Waals surface area contributed by atoms with Crippen molar-refractivity contribution in [2.75, 3.05) is 18.0 Å². The highest BCUT2D eigenvalue weighted by Crippen LogP contribution is 2.26. The first-order chi connectivity index (χ1) is 19.6. The van der Waals surface area contributed by atoms with Crippen LogP contribution in [-0.2, 0) is 26.2 Å². The highest BCUT2D eigenvalue weighted by molar-refractivity contribution is 7.92. The second kappa shape index (κ2) is 13.4. The molecule has 1 saturated carbocycles. The fraction of sp³-hybridized carbons (Fsp3) is 0.355. The molecule has 1 aliphatic carbocycles. The Morgan fingerprint density at radius 1 is 0.976 bits per heavy atom. The maximum absolute atomic E-state index is 14.0. The first kappa shape index (κ1) is 30.4. The largest absolute Gasteiger partial charge is 0.497 e. The predicted molar refractivity (Wildman–Crippen MR) is 161 cm³/mol. The van der Waals surface area contributed by atoms with Gasteiger partial charge in [-0.05, 0) is 80.8 Å². The van der Waals surface area contributed by atoms with E-state index in [1.807, 2.05) is 6.92 Å². The zero-order valence-corrected chi connectivity index (χ0v) is 25.1. The number of ether oxygens (including phenoxy) is 1. The van der Waals surface area contributed by atoms with Crippen molar-refractivity contribution in [3.05, 3.63) is 88.9 Å². The highest BCUT2D eigenvalue weighted by atomic mass is 35.5. The number of carbonyl (C=O) groups is 2. The van der Waals surface area contributed by atoms with Gasteiger partial charge in [0, 0.05) is 17.6 Å². The van der Waals surface area contributed by atoms with E-state index in [0.717, 1.165) is 41.1 Å². The molecule has 0 aromatic heterocycles. The van der Waals surface area contributed by atoms with Gasteiger partial charge in [-0.1, -0.05) is 54.3 Å². The third-order valence-corrected chi connectivity index (χ3v) is 9.42. The Kier molecular flexibility index (Phi) is 9.94. The van der Waals surface area contributed by atoms with E-state index in [1.54, 1.807) is 67.6 Å². The lowest BCUT2D eigenvalue weighted by molar-refractivity contribution is -0.139. The van der Waals surface area contributed by atoms with Crippen LogP contribution in [0.5, 0.6) is 5.75 Å². The summed E-state index contributed by atoms with van der Waals surface area (Å²) in [4.78, 5) is 28.8. The number of nitrogens with zero attached hydrogens (tertiary/aromatic N) is 2. The Hall–Kier alpha value is -3.56. The van der Waals surface area contributed by atoms with Crippen molar-refractivity contribution in [1.29, 1.82) is 0 Å². The number of methoxy groups -OCH3 is 1. The molecule has 1 N–H and O–H groups in total. The van der Waals surface area contributed by atoms with Crippen molar-refractivity contribution in [3.63, 3.8) is 0 Å². The first-order valence-corrected chi connectivity index (χ1v) is 15.5. The fourth-order valence-corrected chi connectivity index (χ4v) is 6.42. The third kappa shape index (κ3) is 7.59. The van der Waals surface area contributed by atoms with E-state index in [2.05, 4.69) is 5.32 Å². The predicted octanol–water partition coefficient (Wildman–Crippen LogP) is 5.33. The van der Waals surface area contributed by atoms with Gasteiger partial charge in [-0.3, -0.25) is 13.9 Å². The van der Waals surface area contributed by atoms with Gasteiger partial charge in [-0.25, -0.2) is 8.42 Å². The Morgan fingerprint density at radius 2 is 1.59 bits per heavy atom. The summed E-state index contributed by atoms with van der Waals surface area (Å²) in [5.74, 6) is -0.260. The number of carbonyl (C=O) groups excluding carboxylic acids is 2. The molecule has 0 aliphatic heterocycles. The number of amides is 2. The SMILES string of the molecule is COc1ccc(S(=O)(=O)N(CC(=O)N(Cc2ccc(Cl)cc2)[C@@H](C)C(=O)NC2CCCC2)c2ccc(C)cc2)cc1. The van der Waals surface area contributed by atoms with Crippen LogP contribution in [0.2, 0.25) is 5.02 Å². The van der Waals surface area contributed by atoms with E-state index in [1.165, 1.54) is 24.1 Å². The minimum absolute atomic E-state index is 0.0166. The average Bonchev–Trinajstić information content (AvgIpc) is 3.48. The van der Waals surface area contributed by atoms with Crippen LogP contribution in [0.4, 0.5) is 5.69 Å². The zero-order chi connectivity index (χ0) is 29.6. The van der Waals surface area contributed by atoms with Crippen LogP contribution in [-0.4, -0.2) is 50.9 Å². The lowest BCUT2D eigenvalue weighted by atomic mass is 10.1. The molecule has 4 rings (SSSR count). The van der Waals surface area contributed by atoms with Gasteiger partial charge >= 0.3 is 0 Å². The minimum Gasteiger partial charge on any atom is -0.497 e. The molecule has 0 spiro atoms. The molecule has 0 unspecified atom stereocenters. The van der Waals surface area contributed by atoms with Crippen LogP contribution >= 0.6 is 11.6 Å². The molecule has 3 aromatic rings. The summed E-state index contributed by atoms with van der Waals surface area (Å²) in [5.41, 5.74) is 2.06. The topological polar surface area (TPSA) is 96.0 Å². The number of sulfonamides is 1. The Bertz CT molecular complexity index is 1440. The summed E-state index contributed by atoms with van der Waals surface area (Å²) in [6.07, 6.45) is 3.93. The molecule has 3 aromatic carbocycles. The smallest absolute Gasteiger partial charge is 0.264 e. The second-order valence-electron chi connectivity index (χ2n) is 10.3. The highest BCUT2D eigenvalue weighted by Gasteiger charge is 2.33. The molecule has 218 valence electrons. The molecule has 10 heteroatoms. The number of aryl methyl sites for hydroxylation is 1. The molecule has 0 heterocycles. The number of anilines is 1. The van der Waals surface area contributed by atoms with E-state index < -0.39 is 28.5 Å². The summed E-state index contributed by atoms with van der Waals surface area (Å²) in [6.45, 7) is 3.19. The Labute approximate surface area is 247 Å². The van der Waals surface area contributed by atoms with Gasteiger partial charge in [0.05, 0.1) is 17.7 Å².